The number of fused-ring (bicyclic) bond motifs is 1. The number of hydrogen-bond donors (Lipinski definition) is 0. The van der Waals surface area contributed by atoms with E-state index in [0.717, 1.165) is 6.42 Å². The number of nitrogens with zero attached hydrogens (tertiary/aromatic N) is 3. The number of thiophene rings is 1. The van der Waals surface area contributed by atoms with Crippen LogP contribution in [0.5, 0.6) is 0 Å². The van der Waals surface area contributed by atoms with Crippen LogP contribution in [0.2, 0.25) is 0 Å². The molecule has 1 atom stereocenters. The normalized spacial score (nSPS) is 19.8. The number of carbonyl (C=O) groups is 2. The minimum absolute atomic E-state index is 0.00277. The predicted octanol–water partition coefficient (Wildman–Crippen LogP) is 2.51. The van der Waals surface area contributed by atoms with Gasteiger partial charge in [-0.1, -0.05) is 18.2 Å². The summed E-state index contributed by atoms with van der Waals surface area (Å²) in [5.41, 5.74) is 1.21. The molecule has 1 fully saturated rings. The third-order valence-corrected chi connectivity index (χ3v) is 9.03. The monoisotopic (exact) mass is 461 g/mol. The van der Waals surface area contributed by atoms with Crippen LogP contribution in [0.25, 0.3) is 0 Å². The van der Waals surface area contributed by atoms with Gasteiger partial charge in [0.1, 0.15) is 0 Å². The molecular formula is C22H27N3O4S2. The second-order valence-corrected chi connectivity index (χ2v) is 10.8. The van der Waals surface area contributed by atoms with E-state index in [-0.39, 0.29) is 48.7 Å². The SMILES string of the molecule is C[C@@H]1c2ccsc2CCN1C(=O)CCC(=O)N1CCN(S(=O)(=O)c2ccccc2)CC1. The highest BCUT2D eigenvalue weighted by Gasteiger charge is 2.31. The molecule has 2 amide bonds. The summed E-state index contributed by atoms with van der Waals surface area (Å²) in [5, 5.41) is 2.07. The summed E-state index contributed by atoms with van der Waals surface area (Å²) >= 11 is 1.73. The average Bonchev–Trinajstić information content (AvgIpc) is 3.28. The Kier molecular flexibility index (Phi) is 6.45. The first-order valence-corrected chi connectivity index (χ1v) is 12.9. The van der Waals surface area contributed by atoms with Gasteiger partial charge in [0.05, 0.1) is 10.9 Å². The largest absolute Gasteiger partial charge is 0.340 e. The minimum atomic E-state index is -3.54. The topological polar surface area (TPSA) is 78.0 Å². The summed E-state index contributed by atoms with van der Waals surface area (Å²) in [6, 6.07) is 10.5. The van der Waals surface area contributed by atoms with Crippen LogP contribution in [0.15, 0.2) is 46.7 Å². The van der Waals surface area contributed by atoms with Crippen LogP contribution in [0.3, 0.4) is 0 Å². The van der Waals surface area contributed by atoms with Gasteiger partial charge in [-0.2, -0.15) is 4.31 Å². The highest BCUT2D eigenvalue weighted by atomic mass is 32.2. The van der Waals surface area contributed by atoms with Crippen molar-refractivity contribution in [1.29, 1.82) is 0 Å². The molecule has 0 aliphatic carbocycles. The first kappa shape index (κ1) is 22.0. The maximum atomic E-state index is 12.7. The molecule has 0 N–H and O–H groups in total. The fourth-order valence-electron chi connectivity index (χ4n) is 4.29. The first-order valence-electron chi connectivity index (χ1n) is 10.6. The van der Waals surface area contributed by atoms with Crippen LogP contribution < -0.4 is 0 Å². The van der Waals surface area contributed by atoms with E-state index in [0.29, 0.717) is 19.6 Å². The maximum Gasteiger partial charge on any atom is 0.243 e. The summed E-state index contributed by atoms with van der Waals surface area (Å²) in [6.45, 7) is 3.95. The van der Waals surface area contributed by atoms with E-state index in [2.05, 4.69) is 11.4 Å². The fraction of sp³-hybridized carbons (Fsp3) is 0.455. The highest BCUT2D eigenvalue weighted by Crippen LogP contribution is 2.33. The Morgan fingerprint density at radius 3 is 2.35 bits per heavy atom. The van der Waals surface area contributed by atoms with E-state index in [4.69, 9.17) is 0 Å². The molecule has 0 bridgehead atoms. The molecule has 9 heteroatoms. The molecule has 1 aromatic carbocycles. The molecule has 0 spiro atoms. The second kappa shape index (κ2) is 9.10. The number of hydrogen-bond acceptors (Lipinski definition) is 5. The first-order chi connectivity index (χ1) is 14.9. The summed E-state index contributed by atoms with van der Waals surface area (Å²) < 4.78 is 26.9. The molecule has 1 aromatic heterocycles. The quantitative estimate of drug-likeness (QED) is 0.686. The Bertz CT molecular complexity index is 1040. The minimum Gasteiger partial charge on any atom is -0.340 e. The lowest BCUT2D eigenvalue weighted by atomic mass is 10.0. The molecule has 2 aromatic rings. The van der Waals surface area contributed by atoms with Crippen molar-refractivity contribution in [3.8, 4) is 0 Å². The Morgan fingerprint density at radius 2 is 1.65 bits per heavy atom. The molecule has 4 rings (SSSR count). The zero-order valence-electron chi connectivity index (χ0n) is 17.6. The second-order valence-electron chi connectivity index (χ2n) is 7.91. The van der Waals surface area contributed by atoms with Crippen molar-refractivity contribution < 1.29 is 18.0 Å². The van der Waals surface area contributed by atoms with Gasteiger partial charge in [0, 0.05) is 50.4 Å². The van der Waals surface area contributed by atoms with E-state index < -0.39 is 10.0 Å². The zero-order chi connectivity index (χ0) is 22.0. The van der Waals surface area contributed by atoms with Crippen molar-refractivity contribution in [2.75, 3.05) is 32.7 Å². The number of rotatable bonds is 5. The number of carbonyl (C=O) groups excluding carboxylic acids is 2. The van der Waals surface area contributed by atoms with Crippen molar-refractivity contribution in [3.05, 3.63) is 52.2 Å². The van der Waals surface area contributed by atoms with Crippen LogP contribution in [-0.4, -0.2) is 67.1 Å². The van der Waals surface area contributed by atoms with Crippen molar-refractivity contribution in [2.45, 2.75) is 37.1 Å². The van der Waals surface area contributed by atoms with Crippen LogP contribution in [0.4, 0.5) is 0 Å². The maximum absolute atomic E-state index is 12.7. The van der Waals surface area contributed by atoms with Gasteiger partial charge in [-0.05, 0) is 42.5 Å². The molecule has 0 saturated carbocycles. The molecule has 2 aliphatic heterocycles. The number of piperazine rings is 1. The van der Waals surface area contributed by atoms with Crippen molar-refractivity contribution >= 4 is 33.2 Å². The summed E-state index contributed by atoms with van der Waals surface area (Å²) in [7, 11) is -3.54. The summed E-state index contributed by atoms with van der Waals surface area (Å²) in [4.78, 5) is 30.5. The molecule has 0 radical (unpaired) electrons. The Morgan fingerprint density at radius 1 is 0.968 bits per heavy atom. The van der Waals surface area contributed by atoms with E-state index in [1.165, 1.54) is 14.7 Å². The van der Waals surface area contributed by atoms with Crippen LogP contribution >= 0.6 is 11.3 Å². The molecule has 7 nitrogen and oxygen atoms in total. The Labute approximate surface area is 187 Å². The fourth-order valence-corrected chi connectivity index (χ4v) is 6.69. The van der Waals surface area contributed by atoms with E-state index >= 15 is 0 Å². The van der Waals surface area contributed by atoms with Crippen molar-refractivity contribution in [3.63, 3.8) is 0 Å². The molecular weight excluding hydrogens is 434 g/mol. The van der Waals surface area contributed by atoms with Crippen LogP contribution in [0.1, 0.15) is 36.2 Å². The smallest absolute Gasteiger partial charge is 0.243 e. The molecule has 166 valence electrons. The number of amides is 2. The van der Waals surface area contributed by atoms with Crippen molar-refractivity contribution in [1.82, 2.24) is 14.1 Å². The standard InChI is InChI=1S/C22H27N3O4S2/c1-17-19-10-16-30-20(19)9-11-25(17)22(27)8-7-21(26)23-12-14-24(15-13-23)31(28,29)18-5-3-2-4-6-18/h2-6,10,16-17H,7-9,11-15H2,1H3/t17-/m1/s1. The molecule has 31 heavy (non-hydrogen) atoms. The lowest BCUT2D eigenvalue weighted by molar-refractivity contribution is -0.139. The van der Waals surface area contributed by atoms with E-state index in [1.54, 1.807) is 46.6 Å². The van der Waals surface area contributed by atoms with Gasteiger partial charge >= 0.3 is 0 Å². The van der Waals surface area contributed by atoms with Gasteiger partial charge in [0.25, 0.3) is 0 Å². The zero-order valence-corrected chi connectivity index (χ0v) is 19.2. The lowest BCUT2D eigenvalue weighted by Crippen LogP contribution is -2.50. The van der Waals surface area contributed by atoms with Gasteiger partial charge in [0.15, 0.2) is 0 Å². The number of sulfonamides is 1. The molecule has 0 unspecified atom stereocenters. The Balaban J connectivity index is 1.27. The van der Waals surface area contributed by atoms with E-state index in [9.17, 15) is 18.0 Å². The molecule has 1 saturated heterocycles. The summed E-state index contributed by atoms with van der Waals surface area (Å²) in [6.07, 6.45) is 1.21. The van der Waals surface area contributed by atoms with Gasteiger partial charge < -0.3 is 9.80 Å². The molecule has 2 aliphatic rings. The van der Waals surface area contributed by atoms with Gasteiger partial charge in [0.2, 0.25) is 21.8 Å². The summed E-state index contributed by atoms with van der Waals surface area (Å²) in [5.74, 6) is -0.0889. The Hall–Kier alpha value is -2.23. The highest BCUT2D eigenvalue weighted by molar-refractivity contribution is 7.89. The molecule has 3 heterocycles. The predicted molar refractivity (Wildman–Crippen MR) is 119 cm³/mol. The third-order valence-electron chi connectivity index (χ3n) is 6.12. The van der Waals surface area contributed by atoms with E-state index in [1.807, 2.05) is 11.8 Å². The van der Waals surface area contributed by atoms with Crippen LogP contribution in [0, 0.1) is 0 Å². The third kappa shape index (κ3) is 4.53. The average molecular weight is 462 g/mol. The van der Waals surface area contributed by atoms with Gasteiger partial charge in [-0.3, -0.25) is 9.59 Å². The van der Waals surface area contributed by atoms with Crippen molar-refractivity contribution in [2.24, 2.45) is 0 Å². The lowest BCUT2D eigenvalue weighted by Gasteiger charge is -2.35. The van der Waals surface area contributed by atoms with Gasteiger partial charge in [-0.25, -0.2) is 8.42 Å². The van der Waals surface area contributed by atoms with Crippen LogP contribution in [-0.2, 0) is 26.0 Å². The number of benzene rings is 1. The van der Waals surface area contributed by atoms with Gasteiger partial charge in [-0.15, -0.1) is 11.3 Å².